The number of anilines is 1. The molecular formula is C19H25FN2O2. The van der Waals surface area contributed by atoms with Crippen molar-refractivity contribution in [3.05, 3.63) is 29.6 Å². The number of carbonyl (C=O) groups is 2. The Balaban J connectivity index is 1.60. The molecule has 0 aromatic heterocycles. The van der Waals surface area contributed by atoms with Gasteiger partial charge in [0.25, 0.3) is 0 Å². The third kappa shape index (κ3) is 3.60. The van der Waals surface area contributed by atoms with E-state index in [9.17, 15) is 14.0 Å². The molecule has 1 heterocycles. The van der Waals surface area contributed by atoms with Gasteiger partial charge in [-0.05, 0) is 38.0 Å². The molecule has 5 heteroatoms. The number of halogens is 1. The topological polar surface area (TPSA) is 40.6 Å². The van der Waals surface area contributed by atoms with Gasteiger partial charge in [-0.2, -0.15) is 0 Å². The molecule has 0 bridgehead atoms. The molecule has 0 atom stereocenters. The summed E-state index contributed by atoms with van der Waals surface area (Å²) in [4.78, 5) is 27.8. The summed E-state index contributed by atoms with van der Waals surface area (Å²) in [6.07, 6.45) is 5.58. The summed E-state index contributed by atoms with van der Waals surface area (Å²) in [7, 11) is 0. The maximum absolute atomic E-state index is 14.3. The standard InChI is InChI=1S/C19H25FN2O2/c1-14(23)16-7-8-18(17(20)13-16)21-9-11-22(12-10-21)19(24)15-5-3-2-4-6-15/h7-8,13,15H,2-6,9-12H2,1H3. The zero-order valence-corrected chi connectivity index (χ0v) is 14.3. The molecule has 2 fully saturated rings. The van der Waals surface area contributed by atoms with E-state index in [0.717, 1.165) is 25.7 Å². The van der Waals surface area contributed by atoms with Crippen LogP contribution in [-0.2, 0) is 4.79 Å². The molecule has 1 aliphatic heterocycles. The van der Waals surface area contributed by atoms with E-state index in [1.165, 1.54) is 19.4 Å². The first-order valence-electron chi connectivity index (χ1n) is 8.90. The molecule has 1 amide bonds. The van der Waals surface area contributed by atoms with E-state index in [2.05, 4.69) is 0 Å². The van der Waals surface area contributed by atoms with Gasteiger partial charge in [-0.3, -0.25) is 9.59 Å². The highest BCUT2D eigenvalue weighted by Crippen LogP contribution is 2.27. The number of nitrogens with zero attached hydrogens (tertiary/aromatic N) is 2. The van der Waals surface area contributed by atoms with Crippen LogP contribution in [0.4, 0.5) is 10.1 Å². The first-order chi connectivity index (χ1) is 11.6. The van der Waals surface area contributed by atoms with Crippen molar-refractivity contribution in [1.29, 1.82) is 0 Å². The lowest BCUT2D eigenvalue weighted by atomic mass is 9.88. The van der Waals surface area contributed by atoms with E-state index in [1.54, 1.807) is 12.1 Å². The summed E-state index contributed by atoms with van der Waals surface area (Å²) in [5.74, 6) is -0.0308. The van der Waals surface area contributed by atoms with Gasteiger partial charge < -0.3 is 9.80 Å². The number of ketones is 1. The van der Waals surface area contributed by atoms with Crippen molar-refractivity contribution in [3.8, 4) is 0 Å². The van der Waals surface area contributed by atoms with Crippen molar-refractivity contribution < 1.29 is 14.0 Å². The number of amides is 1. The fourth-order valence-corrected chi connectivity index (χ4v) is 3.76. The highest BCUT2D eigenvalue weighted by atomic mass is 19.1. The molecule has 4 nitrogen and oxygen atoms in total. The van der Waals surface area contributed by atoms with Gasteiger partial charge in [0.05, 0.1) is 5.69 Å². The molecule has 0 N–H and O–H groups in total. The van der Waals surface area contributed by atoms with Crippen molar-refractivity contribution in [2.24, 2.45) is 5.92 Å². The van der Waals surface area contributed by atoms with Crippen LogP contribution in [0.1, 0.15) is 49.4 Å². The van der Waals surface area contributed by atoms with Crippen LogP contribution in [0.25, 0.3) is 0 Å². The predicted octanol–water partition coefficient (Wildman–Crippen LogP) is 3.26. The average Bonchev–Trinajstić information content (AvgIpc) is 2.62. The van der Waals surface area contributed by atoms with Crippen LogP contribution in [0.2, 0.25) is 0 Å². The molecule has 0 spiro atoms. The van der Waals surface area contributed by atoms with E-state index >= 15 is 0 Å². The Hall–Kier alpha value is -1.91. The smallest absolute Gasteiger partial charge is 0.225 e. The van der Waals surface area contributed by atoms with Crippen LogP contribution in [-0.4, -0.2) is 42.8 Å². The first-order valence-corrected chi connectivity index (χ1v) is 8.90. The molecule has 1 saturated heterocycles. The van der Waals surface area contributed by atoms with Crippen molar-refractivity contribution in [3.63, 3.8) is 0 Å². The van der Waals surface area contributed by atoms with Gasteiger partial charge in [0, 0.05) is 37.7 Å². The van der Waals surface area contributed by atoms with Gasteiger partial charge in [0.1, 0.15) is 5.82 Å². The zero-order chi connectivity index (χ0) is 17.1. The minimum Gasteiger partial charge on any atom is -0.366 e. The molecular weight excluding hydrogens is 307 g/mol. The minimum atomic E-state index is -0.366. The third-order valence-electron chi connectivity index (χ3n) is 5.24. The fourth-order valence-electron chi connectivity index (χ4n) is 3.76. The quantitative estimate of drug-likeness (QED) is 0.798. The lowest BCUT2D eigenvalue weighted by molar-refractivity contribution is -0.136. The minimum absolute atomic E-state index is 0.136. The fraction of sp³-hybridized carbons (Fsp3) is 0.579. The molecule has 1 aromatic rings. The molecule has 130 valence electrons. The SMILES string of the molecule is CC(=O)c1ccc(N2CCN(C(=O)C3CCCCC3)CC2)c(F)c1. The van der Waals surface area contributed by atoms with Crippen LogP contribution in [0.5, 0.6) is 0 Å². The van der Waals surface area contributed by atoms with Gasteiger partial charge in [-0.1, -0.05) is 19.3 Å². The van der Waals surface area contributed by atoms with Gasteiger partial charge in [0.2, 0.25) is 5.91 Å². The zero-order valence-electron chi connectivity index (χ0n) is 14.3. The Labute approximate surface area is 142 Å². The Morgan fingerprint density at radius 2 is 1.71 bits per heavy atom. The Kier molecular flexibility index (Phi) is 5.17. The number of benzene rings is 1. The number of Topliss-reactive ketones (excluding diaryl/α,β-unsaturated/α-hetero) is 1. The van der Waals surface area contributed by atoms with Crippen molar-refractivity contribution >= 4 is 17.4 Å². The number of piperazine rings is 1. The predicted molar refractivity (Wildman–Crippen MR) is 91.8 cm³/mol. The molecule has 2 aliphatic rings. The van der Waals surface area contributed by atoms with Gasteiger partial charge in [-0.15, -0.1) is 0 Å². The van der Waals surface area contributed by atoms with Crippen LogP contribution in [0.15, 0.2) is 18.2 Å². The van der Waals surface area contributed by atoms with Crippen molar-refractivity contribution in [2.45, 2.75) is 39.0 Å². The van der Waals surface area contributed by atoms with Gasteiger partial charge in [-0.25, -0.2) is 4.39 Å². The summed E-state index contributed by atoms with van der Waals surface area (Å²) in [6, 6.07) is 4.64. The molecule has 1 saturated carbocycles. The molecule has 1 aliphatic carbocycles. The second kappa shape index (κ2) is 7.32. The third-order valence-corrected chi connectivity index (χ3v) is 5.24. The van der Waals surface area contributed by atoms with Crippen LogP contribution in [0, 0.1) is 11.7 Å². The number of carbonyl (C=O) groups excluding carboxylic acids is 2. The highest BCUT2D eigenvalue weighted by molar-refractivity contribution is 5.94. The van der Waals surface area contributed by atoms with Crippen molar-refractivity contribution in [2.75, 3.05) is 31.1 Å². The van der Waals surface area contributed by atoms with E-state index in [4.69, 9.17) is 0 Å². The van der Waals surface area contributed by atoms with Crippen LogP contribution in [0.3, 0.4) is 0 Å². The monoisotopic (exact) mass is 332 g/mol. The van der Waals surface area contributed by atoms with Crippen LogP contribution < -0.4 is 4.90 Å². The molecule has 3 rings (SSSR count). The molecule has 24 heavy (non-hydrogen) atoms. The molecule has 0 radical (unpaired) electrons. The van der Waals surface area contributed by atoms with Gasteiger partial charge in [0.15, 0.2) is 5.78 Å². The summed E-state index contributed by atoms with van der Waals surface area (Å²) >= 11 is 0. The number of hydrogen-bond acceptors (Lipinski definition) is 3. The normalized spacial score (nSPS) is 19.4. The second-order valence-corrected chi connectivity index (χ2v) is 6.87. The average molecular weight is 332 g/mol. The maximum Gasteiger partial charge on any atom is 0.225 e. The summed E-state index contributed by atoms with van der Waals surface area (Å²) in [5.41, 5.74) is 0.909. The Bertz CT molecular complexity index is 618. The van der Waals surface area contributed by atoms with E-state index < -0.39 is 0 Å². The van der Waals surface area contributed by atoms with Crippen LogP contribution >= 0.6 is 0 Å². The second-order valence-electron chi connectivity index (χ2n) is 6.87. The van der Waals surface area contributed by atoms with Crippen molar-refractivity contribution in [1.82, 2.24) is 4.90 Å². The number of rotatable bonds is 3. The summed E-state index contributed by atoms with van der Waals surface area (Å²) in [5, 5.41) is 0. The highest BCUT2D eigenvalue weighted by Gasteiger charge is 2.29. The Morgan fingerprint density at radius 3 is 2.29 bits per heavy atom. The maximum atomic E-state index is 14.3. The lowest BCUT2D eigenvalue weighted by Crippen LogP contribution is -2.50. The van der Waals surface area contributed by atoms with Gasteiger partial charge >= 0.3 is 0 Å². The molecule has 1 aromatic carbocycles. The summed E-state index contributed by atoms with van der Waals surface area (Å²) in [6.45, 7) is 3.99. The van der Waals surface area contributed by atoms with E-state index in [0.29, 0.717) is 37.4 Å². The van der Waals surface area contributed by atoms with E-state index in [-0.39, 0.29) is 23.4 Å². The number of hydrogen-bond donors (Lipinski definition) is 0. The lowest BCUT2D eigenvalue weighted by Gasteiger charge is -2.38. The first kappa shape index (κ1) is 16.9. The summed E-state index contributed by atoms with van der Waals surface area (Å²) < 4.78 is 14.3. The molecule has 0 unspecified atom stereocenters. The Morgan fingerprint density at radius 1 is 1.04 bits per heavy atom. The van der Waals surface area contributed by atoms with E-state index in [1.807, 2.05) is 9.80 Å². The largest absolute Gasteiger partial charge is 0.366 e.